The van der Waals surface area contributed by atoms with Gasteiger partial charge in [0.05, 0.1) is 19.9 Å². The molecule has 0 amide bonds. The van der Waals surface area contributed by atoms with E-state index in [0.717, 1.165) is 5.56 Å². The van der Waals surface area contributed by atoms with E-state index in [1.807, 2.05) is 6.07 Å². The van der Waals surface area contributed by atoms with Gasteiger partial charge < -0.3 is 9.47 Å². The third kappa shape index (κ3) is 3.81. The second kappa shape index (κ2) is 6.83. The van der Waals surface area contributed by atoms with Crippen molar-refractivity contribution in [1.29, 1.82) is 0 Å². The Morgan fingerprint density at radius 3 is 2.64 bits per heavy atom. The van der Waals surface area contributed by atoms with Crippen LogP contribution in [0, 0.1) is 0 Å². The number of methoxy groups -OCH3 is 2. The van der Waals surface area contributed by atoms with Gasteiger partial charge in [-0.25, -0.2) is 9.97 Å². The smallest absolute Gasteiger partial charge is 0.451 e. The average Bonchev–Trinajstić information content (AvgIpc) is 2.60. The summed E-state index contributed by atoms with van der Waals surface area (Å²) >= 11 is 0. The van der Waals surface area contributed by atoms with Crippen LogP contribution < -0.4 is 9.47 Å². The van der Waals surface area contributed by atoms with Gasteiger partial charge in [-0.3, -0.25) is 4.90 Å². The van der Waals surface area contributed by atoms with Crippen molar-refractivity contribution < 1.29 is 22.6 Å². The quantitative estimate of drug-likeness (QED) is 0.841. The van der Waals surface area contributed by atoms with Crippen LogP contribution in [-0.4, -0.2) is 40.6 Å². The lowest BCUT2D eigenvalue weighted by molar-refractivity contribution is -0.145. The fourth-order valence-corrected chi connectivity index (χ4v) is 2.75. The number of pyridine rings is 1. The van der Waals surface area contributed by atoms with Crippen LogP contribution >= 0.6 is 0 Å². The summed E-state index contributed by atoms with van der Waals surface area (Å²) in [5, 5.41) is 0. The highest BCUT2D eigenvalue weighted by molar-refractivity contribution is 5.31. The van der Waals surface area contributed by atoms with Crippen LogP contribution in [-0.2, 0) is 25.7 Å². The molecule has 2 aromatic heterocycles. The van der Waals surface area contributed by atoms with Gasteiger partial charge in [-0.05, 0) is 6.07 Å². The normalized spacial score (nSPS) is 14.9. The molecule has 2 aromatic rings. The molecule has 0 atom stereocenters. The van der Waals surface area contributed by atoms with Crippen molar-refractivity contribution in [2.75, 3.05) is 20.8 Å². The predicted octanol–water partition coefficient (Wildman–Crippen LogP) is 2.47. The Morgan fingerprint density at radius 1 is 1.16 bits per heavy atom. The zero-order chi connectivity index (χ0) is 18.0. The highest BCUT2D eigenvalue weighted by Gasteiger charge is 2.35. The Kier molecular flexibility index (Phi) is 4.76. The van der Waals surface area contributed by atoms with Gasteiger partial charge in [0.15, 0.2) is 0 Å². The van der Waals surface area contributed by atoms with Gasteiger partial charge in [-0.15, -0.1) is 0 Å². The van der Waals surface area contributed by atoms with Gasteiger partial charge in [0.2, 0.25) is 17.6 Å². The number of rotatable bonds is 4. The molecule has 6 nitrogen and oxygen atoms in total. The largest absolute Gasteiger partial charge is 0.481 e. The molecule has 0 N–H and O–H groups in total. The average molecular weight is 354 g/mol. The molecule has 1 aliphatic rings. The topological polar surface area (TPSA) is 60.4 Å². The van der Waals surface area contributed by atoms with Crippen LogP contribution in [0.3, 0.4) is 0 Å². The van der Waals surface area contributed by atoms with E-state index >= 15 is 0 Å². The molecule has 9 heteroatoms. The molecule has 3 heterocycles. The van der Waals surface area contributed by atoms with Crippen molar-refractivity contribution in [3.63, 3.8) is 0 Å². The highest BCUT2D eigenvalue weighted by atomic mass is 19.4. The summed E-state index contributed by atoms with van der Waals surface area (Å²) < 4.78 is 48.5. The van der Waals surface area contributed by atoms with Crippen LogP contribution in [0.5, 0.6) is 11.8 Å². The second-order valence-corrected chi connectivity index (χ2v) is 5.65. The van der Waals surface area contributed by atoms with Crippen molar-refractivity contribution in [3.8, 4) is 11.8 Å². The second-order valence-electron chi connectivity index (χ2n) is 5.65. The summed E-state index contributed by atoms with van der Waals surface area (Å²) in [6, 6.07) is 3.61. The predicted molar refractivity (Wildman–Crippen MR) is 82.2 cm³/mol. The molecule has 0 bridgehead atoms. The number of hydrogen-bond acceptors (Lipinski definition) is 6. The van der Waals surface area contributed by atoms with Crippen LogP contribution in [0.4, 0.5) is 13.2 Å². The summed E-state index contributed by atoms with van der Waals surface area (Å²) in [6.45, 7) is 1.62. The van der Waals surface area contributed by atoms with Crippen LogP contribution in [0.25, 0.3) is 0 Å². The van der Waals surface area contributed by atoms with Crippen LogP contribution in [0.2, 0.25) is 0 Å². The Labute approximate surface area is 142 Å². The molecule has 0 aliphatic carbocycles. The number of aromatic nitrogens is 3. The minimum absolute atomic E-state index is 0.437. The summed E-state index contributed by atoms with van der Waals surface area (Å²) in [5.41, 5.74) is 2.04. The van der Waals surface area contributed by atoms with Crippen LogP contribution in [0.15, 0.2) is 18.3 Å². The van der Waals surface area contributed by atoms with E-state index in [1.54, 1.807) is 6.07 Å². The molecular formula is C16H17F3N4O2. The highest BCUT2D eigenvalue weighted by Crippen LogP contribution is 2.28. The monoisotopic (exact) mass is 354 g/mol. The third-order valence-corrected chi connectivity index (χ3v) is 3.98. The molecule has 25 heavy (non-hydrogen) atoms. The number of fused-ring (bicyclic) bond motifs is 1. The number of alkyl halides is 3. The van der Waals surface area contributed by atoms with Crippen LogP contribution in [0.1, 0.15) is 22.6 Å². The summed E-state index contributed by atoms with van der Waals surface area (Å²) in [7, 11) is 3.06. The Bertz CT molecular complexity index is 768. The lowest BCUT2D eigenvalue weighted by Crippen LogP contribution is -2.31. The van der Waals surface area contributed by atoms with E-state index in [4.69, 9.17) is 9.47 Å². The van der Waals surface area contributed by atoms with Gasteiger partial charge >= 0.3 is 6.18 Å². The molecule has 0 unspecified atom stereocenters. The van der Waals surface area contributed by atoms with E-state index in [1.165, 1.54) is 20.4 Å². The first kappa shape index (κ1) is 17.4. The minimum atomic E-state index is -4.52. The molecule has 134 valence electrons. The number of nitrogens with zero attached hydrogens (tertiary/aromatic N) is 4. The maximum absolute atomic E-state index is 12.7. The molecule has 3 rings (SSSR count). The van der Waals surface area contributed by atoms with Gasteiger partial charge in [0, 0.05) is 49.4 Å². The van der Waals surface area contributed by atoms with E-state index in [0.29, 0.717) is 49.1 Å². The van der Waals surface area contributed by atoms with E-state index < -0.39 is 12.0 Å². The number of halogens is 3. The molecule has 0 radical (unpaired) electrons. The lowest BCUT2D eigenvalue weighted by Gasteiger charge is -2.28. The summed E-state index contributed by atoms with van der Waals surface area (Å²) in [4.78, 5) is 13.4. The third-order valence-electron chi connectivity index (χ3n) is 3.98. The van der Waals surface area contributed by atoms with Crippen molar-refractivity contribution in [2.24, 2.45) is 0 Å². The number of hydrogen-bond donors (Lipinski definition) is 0. The fraction of sp³-hybridized carbons (Fsp3) is 0.438. The maximum atomic E-state index is 12.7. The Hall–Kier alpha value is -2.42. The van der Waals surface area contributed by atoms with Crippen molar-refractivity contribution in [2.45, 2.75) is 25.7 Å². The Balaban J connectivity index is 1.75. The standard InChI is InChI=1S/C16H17F3N4O2/c1-24-13-4-3-10(14(22-13)25-2)8-23-6-5-12-11(9-23)7-20-15(21-12)16(17,18)19/h3-4,7H,5-6,8-9H2,1-2H3. The fourth-order valence-electron chi connectivity index (χ4n) is 2.75. The Morgan fingerprint density at radius 2 is 1.96 bits per heavy atom. The lowest BCUT2D eigenvalue weighted by atomic mass is 10.1. The first-order valence-corrected chi connectivity index (χ1v) is 7.63. The van der Waals surface area contributed by atoms with Crippen molar-refractivity contribution in [3.05, 3.63) is 41.0 Å². The SMILES string of the molecule is COc1ccc(CN2CCc3nc(C(F)(F)F)ncc3C2)c(OC)n1. The molecule has 0 saturated heterocycles. The molecule has 0 saturated carbocycles. The van der Waals surface area contributed by atoms with Gasteiger partial charge in [-0.1, -0.05) is 0 Å². The summed E-state index contributed by atoms with van der Waals surface area (Å²) in [6.07, 6.45) is -2.82. The van der Waals surface area contributed by atoms with Crippen molar-refractivity contribution >= 4 is 0 Å². The molecule has 1 aliphatic heterocycles. The molecule has 0 aromatic carbocycles. The molecule has 0 spiro atoms. The van der Waals surface area contributed by atoms with Gasteiger partial charge in [0.25, 0.3) is 0 Å². The van der Waals surface area contributed by atoms with Crippen molar-refractivity contribution in [1.82, 2.24) is 19.9 Å². The first-order chi connectivity index (χ1) is 11.9. The zero-order valence-electron chi connectivity index (χ0n) is 13.8. The maximum Gasteiger partial charge on any atom is 0.451 e. The van der Waals surface area contributed by atoms with E-state index in [9.17, 15) is 13.2 Å². The molecule has 0 fully saturated rings. The van der Waals surface area contributed by atoms with Gasteiger partial charge in [-0.2, -0.15) is 18.2 Å². The van der Waals surface area contributed by atoms with Gasteiger partial charge in [0.1, 0.15) is 0 Å². The van der Waals surface area contributed by atoms with E-state index in [-0.39, 0.29) is 0 Å². The van der Waals surface area contributed by atoms with E-state index in [2.05, 4.69) is 19.9 Å². The molecular weight excluding hydrogens is 337 g/mol. The zero-order valence-corrected chi connectivity index (χ0v) is 13.8. The first-order valence-electron chi connectivity index (χ1n) is 7.63. The summed E-state index contributed by atoms with van der Waals surface area (Å²) in [5.74, 6) is -0.160. The minimum Gasteiger partial charge on any atom is -0.481 e. The number of ether oxygens (including phenoxy) is 2.